The molecule has 0 aliphatic carbocycles. The Bertz CT molecular complexity index is 826. The van der Waals surface area contributed by atoms with Crippen LogP contribution in [0.25, 0.3) is 0 Å². The standard InChI is InChI=1S/C20H22ClN3O2S/c1-2-3-4-11-18(25)24-20(27)23-16-9-5-7-14(12-16)19(26)22-17-10-6-8-15(21)13-17/h5-10,12-13H,2-4,11H2,1H3,(H,22,26)(H2,23,24,25,27). The third-order valence-electron chi connectivity index (χ3n) is 3.73. The van der Waals surface area contributed by atoms with E-state index in [9.17, 15) is 9.59 Å². The number of anilines is 2. The number of nitrogens with one attached hydrogen (secondary N) is 3. The van der Waals surface area contributed by atoms with Crippen LogP contribution in [0.5, 0.6) is 0 Å². The molecule has 142 valence electrons. The van der Waals surface area contributed by atoms with E-state index < -0.39 is 0 Å². The van der Waals surface area contributed by atoms with Crippen molar-refractivity contribution in [1.82, 2.24) is 5.32 Å². The highest BCUT2D eigenvalue weighted by Crippen LogP contribution is 2.17. The van der Waals surface area contributed by atoms with E-state index in [1.165, 1.54) is 0 Å². The maximum atomic E-state index is 12.4. The molecule has 3 N–H and O–H groups in total. The molecule has 27 heavy (non-hydrogen) atoms. The fourth-order valence-corrected chi connectivity index (χ4v) is 2.82. The fourth-order valence-electron chi connectivity index (χ4n) is 2.39. The van der Waals surface area contributed by atoms with Gasteiger partial charge in [-0.05, 0) is 55.0 Å². The molecule has 0 saturated carbocycles. The number of benzene rings is 2. The summed E-state index contributed by atoms with van der Waals surface area (Å²) in [6.07, 6.45) is 3.35. The maximum absolute atomic E-state index is 12.4. The average Bonchev–Trinajstić information content (AvgIpc) is 2.62. The van der Waals surface area contributed by atoms with E-state index in [1.807, 2.05) is 0 Å². The largest absolute Gasteiger partial charge is 0.332 e. The van der Waals surface area contributed by atoms with E-state index in [0.29, 0.717) is 28.4 Å². The van der Waals surface area contributed by atoms with Crippen molar-refractivity contribution in [2.45, 2.75) is 32.6 Å². The highest BCUT2D eigenvalue weighted by molar-refractivity contribution is 7.80. The smallest absolute Gasteiger partial charge is 0.255 e. The summed E-state index contributed by atoms with van der Waals surface area (Å²) in [5, 5.41) is 9.12. The molecule has 0 radical (unpaired) electrons. The summed E-state index contributed by atoms with van der Waals surface area (Å²) in [4.78, 5) is 24.2. The van der Waals surface area contributed by atoms with Gasteiger partial charge in [0, 0.05) is 28.4 Å². The van der Waals surface area contributed by atoms with Crippen LogP contribution in [0.15, 0.2) is 48.5 Å². The first-order chi connectivity index (χ1) is 13.0. The number of carbonyl (C=O) groups is 2. The second-order valence-corrected chi connectivity index (χ2v) is 6.85. The van der Waals surface area contributed by atoms with E-state index in [1.54, 1.807) is 48.5 Å². The Hall–Kier alpha value is -2.44. The lowest BCUT2D eigenvalue weighted by Crippen LogP contribution is -2.33. The third kappa shape index (κ3) is 7.37. The van der Waals surface area contributed by atoms with Crippen LogP contribution in [-0.4, -0.2) is 16.9 Å². The van der Waals surface area contributed by atoms with Crippen LogP contribution < -0.4 is 16.0 Å². The monoisotopic (exact) mass is 403 g/mol. The third-order valence-corrected chi connectivity index (χ3v) is 4.16. The van der Waals surface area contributed by atoms with Crippen LogP contribution in [-0.2, 0) is 4.79 Å². The molecule has 0 aromatic heterocycles. The van der Waals surface area contributed by atoms with Gasteiger partial charge in [0.1, 0.15) is 0 Å². The summed E-state index contributed by atoms with van der Waals surface area (Å²) in [5.74, 6) is -0.383. The second-order valence-electron chi connectivity index (χ2n) is 6.00. The first kappa shape index (κ1) is 20.9. The van der Waals surface area contributed by atoms with Crippen LogP contribution in [0, 0.1) is 0 Å². The molecule has 2 rings (SSSR count). The zero-order valence-electron chi connectivity index (χ0n) is 15.0. The average molecular weight is 404 g/mol. The Labute approximate surface area is 169 Å². The molecule has 2 amide bonds. The molecule has 0 aliphatic rings. The molecule has 2 aromatic rings. The van der Waals surface area contributed by atoms with Crippen molar-refractivity contribution < 1.29 is 9.59 Å². The highest BCUT2D eigenvalue weighted by Gasteiger charge is 2.09. The van der Waals surface area contributed by atoms with Crippen molar-refractivity contribution in [3.8, 4) is 0 Å². The second kappa shape index (κ2) is 10.6. The molecule has 7 heteroatoms. The minimum atomic E-state index is -0.268. The van der Waals surface area contributed by atoms with Gasteiger partial charge in [-0.15, -0.1) is 0 Å². The van der Waals surface area contributed by atoms with E-state index in [2.05, 4.69) is 22.9 Å². The van der Waals surface area contributed by atoms with Gasteiger partial charge in [-0.2, -0.15) is 0 Å². The Kier molecular flexibility index (Phi) is 8.23. The summed E-state index contributed by atoms with van der Waals surface area (Å²) >= 11 is 11.1. The first-order valence-electron chi connectivity index (χ1n) is 8.75. The molecule has 0 atom stereocenters. The van der Waals surface area contributed by atoms with Crippen LogP contribution in [0.1, 0.15) is 43.0 Å². The van der Waals surface area contributed by atoms with Gasteiger partial charge in [0.2, 0.25) is 5.91 Å². The van der Waals surface area contributed by atoms with Crippen molar-refractivity contribution in [1.29, 1.82) is 0 Å². The summed E-state index contributed by atoms with van der Waals surface area (Å²) in [5.41, 5.74) is 1.69. The van der Waals surface area contributed by atoms with Gasteiger partial charge in [0.05, 0.1) is 0 Å². The first-order valence-corrected chi connectivity index (χ1v) is 9.54. The van der Waals surface area contributed by atoms with E-state index in [4.69, 9.17) is 23.8 Å². The zero-order valence-corrected chi connectivity index (χ0v) is 16.6. The topological polar surface area (TPSA) is 70.2 Å². The van der Waals surface area contributed by atoms with Crippen LogP contribution >= 0.6 is 23.8 Å². The molecular formula is C20H22ClN3O2S. The van der Waals surface area contributed by atoms with Gasteiger partial charge in [-0.25, -0.2) is 0 Å². The van der Waals surface area contributed by atoms with Gasteiger partial charge in [-0.1, -0.05) is 43.5 Å². The number of carbonyl (C=O) groups excluding carboxylic acids is 2. The predicted octanol–water partition coefficient (Wildman–Crippen LogP) is 4.99. The molecule has 0 saturated heterocycles. The summed E-state index contributed by atoms with van der Waals surface area (Å²) in [6.45, 7) is 2.08. The maximum Gasteiger partial charge on any atom is 0.255 e. The molecule has 2 aromatic carbocycles. The number of halogens is 1. The lowest BCUT2D eigenvalue weighted by molar-refractivity contribution is -0.119. The van der Waals surface area contributed by atoms with E-state index >= 15 is 0 Å². The van der Waals surface area contributed by atoms with E-state index in [0.717, 1.165) is 19.3 Å². The van der Waals surface area contributed by atoms with Crippen molar-refractivity contribution >= 4 is 52.1 Å². The predicted molar refractivity (Wildman–Crippen MR) is 114 cm³/mol. The van der Waals surface area contributed by atoms with Crippen molar-refractivity contribution in [2.75, 3.05) is 10.6 Å². The number of unbranched alkanes of at least 4 members (excludes halogenated alkanes) is 2. The molecule has 0 fully saturated rings. The number of thiocarbonyl (C=S) groups is 1. The molecule has 0 bridgehead atoms. The van der Waals surface area contributed by atoms with Gasteiger partial charge in [0.15, 0.2) is 5.11 Å². The normalized spacial score (nSPS) is 10.1. The molecule has 0 aliphatic heterocycles. The quantitative estimate of drug-likeness (QED) is 0.450. The number of hydrogen-bond acceptors (Lipinski definition) is 3. The number of amides is 2. The van der Waals surface area contributed by atoms with E-state index in [-0.39, 0.29) is 16.9 Å². The summed E-state index contributed by atoms with van der Waals surface area (Å²) in [6, 6.07) is 13.8. The van der Waals surface area contributed by atoms with Crippen LogP contribution in [0.4, 0.5) is 11.4 Å². The zero-order chi connectivity index (χ0) is 19.6. The SMILES string of the molecule is CCCCCC(=O)NC(=S)Nc1cccc(C(=O)Nc2cccc(Cl)c2)c1. The minimum Gasteiger partial charge on any atom is -0.332 e. The lowest BCUT2D eigenvalue weighted by Gasteiger charge is -2.11. The molecule has 5 nitrogen and oxygen atoms in total. The van der Waals surface area contributed by atoms with Crippen LogP contribution in [0.2, 0.25) is 5.02 Å². The van der Waals surface area contributed by atoms with Gasteiger partial charge in [0.25, 0.3) is 5.91 Å². The number of rotatable bonds is 7. The van der Waals surface area contributed by atoms with Gasteiger partial charge < -0.3 is 16.0 Å². The summed E-state index contributed by atoms with van der Waals surface area (Å²) < 4.78 is 0. The molecular weight excluding hydrogens is 382 g/mol. The molecule has 0 unspecified atom stereocenters. The Morgan fingerprint density at radius 3 is 2.41 bits per heavy atom. The van der Waals surface area contributed by atoms with Crippen molar-refractivity contribution in [3.05, 3.63) is 59.1 Å². The number of hydrogen-bond donors (Lipinski definition) is 3. The minimum absolute atomic E-state index is 0.115. The van der Waals surface area contributed by atoms with Crippen molar-refractivity contribution in [2.24, 2.45) is 0 Å². The van der Waals surface area contributed by atoms with Crippen molar-refractivity contribution in [3.63, 3.8) is 0 Å². The lowest BCUT2D eigenvalue weighted by atomic mass is 10.2. The Balaban J connectivity index is 1.93. The van der Waals surface area contributed by atoms with Crippen LogP contribution in [0.3, 0.4) is 0 Å². The summed E-state index contributed by atoms with van der Waals surface area (Å²) in [7, 11) is 0. The molecule has 0 spiro atoms. The van der Waals surface area contributed by atoms with Gasteiger partial charge in [-0.3, -0.25) is 9.59 Å². The Morgan fingerprint density at radius 1 is 1.00 bits per heavy atom. The Morgan fingerprint density at radius 2 is 1.70 bits per heavy atom. The highest BCUT2D eigenvalue weighted by atomic mass is 35.5. The fraction of sp³-hybridized carbons (Fsp3) is 0.250. The van der Waals surface area contributed by atoms with Gasteiger partial charge >= 0.3 is 0 Å². The molecule has 0 heterocycles.